The molecule has 0 radical (unpaired) electrons. The molecule has 1 aliphatic heterocycles. The average molecular weight is 213 g/mol. The van der Waals surface area contributed by atoms with E-state index in [1.807, 2.05) is 32.2 Å². The van der Waals surface area contributed by atoms with Gasteiger partial charge in [0.1, 0.15) is 0 Å². The molecule has 1 aliphatic rings. The van der Waals surface area contributed by atoms with E-state index < -0.39 is 0 Å². The van der Waals surface area contributed by atoms with Crippen LogP contribution in [0, 0.1) is 0 Å². The van der Waals surface area contributed by atoms with Crippen LogP contribution in [0.3, 0.4) is 0 Å². The van der Waals surface area contributed by atoms with Crippen molar-refractivity contribution >= 4 is 11.3 Å². The normalized spacial score (nSPS) is 19.5. The SMILES string of the molecule is CC.CNCC1OCCc2sccc21. The molecule has 0 aliphatic carbocycles. The molecule has 2 nitrogen and oxygen atoms in total. The highest BCUT2D eigenvalue weighted by Gasteiger charge is 2.20. The summed E-state index contributed by atoms with van der Waals surface area (Å²) in [5, 5.41) is 5.30. The lowest BCUT2D eigenvalue weighted by Gasteiger charge is -2.22. The third-order valence-electron chi connectivity index (χ3n) is 2.16. The molecule has 0 aromatic carbocycles. The number of ether oxygens (including phenoxy) is 1. The van der Waals surface area contributed by atoms with Crippen molar-refractivity contribution < 1.29 is 4.74 Å². The molecule has 0 fully saturated rings. The number of rotatable bonds is 2. The molecule has 1 aromatic rings. The third-order valence-corrected chi connectivity index (χ3v) is 3.16. The second-order valence-corrected chi connectivity index (χ2v) is 3.97. The Morgan fingerprint density at radius 2 is 2.36 bits per heavy atom. The van der Waals surface area contributed by atoms with Gasteiger partial charge in [-0.1, -0.05) is 13.8 Å². The second kappa shape index (κ2) is 6.17. The van der Waals surface area contributed by atoms with Gasteiger partial charge in [-0.25, -0.2) is 0 Å². The van der Waals surface area contributed by atoms with Crippen molar-refractivity contribution in [3.05, 3.63) is 21.9 Å². The Balaban J connectivity index is 0.000000461. The molecule has 1 N–H and O–H groups in total. The zero-order valence-corrected chi connectivity index (χ0v) is 9.99. The van der Waals surface area contributed by atoms with Crippen LogP contribution in [0.25, 0.3) is 0 Å². The number of thiophene rings is 1. The summed E-state index contributed by atoms with van der Waals surface area (Å²) in [6.07, 6.45) is 1.37. The van der Waals surface area contributed by atoms with Gasteiger partial charge in [0.05, 0.1) is 12.7 Å². The first-order chi connectivity index (χ1) is 6.92. The van der Waals surface area contributed by atoms with Crippen LogP contribution in [0.1, 0.15) is 30.4 Å². The van der Waals surface area contributed by atoms with E-state index in [4.69, 9.17) is 4.74 Å². The van der Waals surface area contributed by atoms with E-state index in [1.54, 1.807) is 0 Å². The Hall–Kier alpha value is -0.380. The zero-order chi connectivity index (χ0) is 10.4. The Morgan fingerprint density at radius 3 is 3.07 bits per heavy atom. The van der Waals surface area contributed by atoms with Crippen LogP contribution < -0.4 is 5.32 Å². The van der Waals surface area contributed by atoms with Crippen LogP contribution in [0.4, 0.5) is 0 Å². The quantitative estimate of drug-likeness (QED) is 0.815. The maximum atomic E-state index is 5.65. The summed E-state index contributed by atoms with van der Waals surface area (Å²) in [7, 11) is 1.96. The largest absolute Gasteiger partial charge is 0.372 e. The first-order valence-electron chi connectivity index (χ1n) is 5.24. The van der Waals surface area contributed by atoms with E-state index in [-0.39, 0.29) is 6.10 Å². The topological polar surface area (TPSA) is 21.3 Å². The first kappa shape index (κ1) is 11.7. The molecule has 0 saturated heterocycles. The van der Waals surface area contributed by atoms with Gasteiger partial charge in [-0.2, -0.15) is 0 Å². The van der Waals surface area contributed by atoms with Crippen LogP contribution in [-0.2, 0) is 11.2 Å². The summed E-state index contributed by atoms with van der Waals surface area (Å²) < 4.78 is 5.65. The fourth-order valence-electron chi connectivity index (χ4n) is 1.58. The molecule has 2 heterocycles. The van der Waals surface area contributed by atoms with E-state index >= 15 is 0 Å². The Morgan fingerprint density at radius 1 is 1.57 bits per heavy atom. The van der Waals surface area contributed by atoms with Crippen molar-refractivity contribution in [2.45, 2.75) is 26.4 Å². The summed E-state index contributed by atoms with van der Waals surface area (Å²) in [5.74, 6) is 0. The molecule has 1 aromatic heterocycles. The minimum absolute atomic E-state index is 0.282. The van der Waals surface area contributed by atoms with Crippen LogP contribution in [0.2, 0.25) is 0 Å². The van der Waals surface area contributed by atoms with E-state index in [2.05, 4.69) is 16.8 Å². The predicted octanol–water partition coefficient (Wildman–Crippen LogP) is 2.61. The summed E-state index contributed by atoms with van der Waals surface area (Å²) in [6, 6.07) is 2.18. The van der Waals surface area contributed by atoms with Crippen molar-refractivity contribution in [2.24, 2.45) is 0 Å². The molecule has 2 rings (SSSR count). The Labute approximate surface area is 90.3 Å². The van der Waals surface area contributed by atoms with Gasteiger partial charge in [-0.05, 0) is 24.1 Å². The molecule has 1 atom stereocenters. The number of fused-ring (bicyclic) bond motifs is 1. The van der Waals surface area contributed by atoms with Gasteiger partial charge in [0.25, 0.3) is 0 Å². The van der Waals surface area contributed by atoms with E-state index in [0.717, 1.165) is 19.6 Å². The van der Waals surface area contributed by atoms with Gasteiger partial charge in [0.2, 0.25) is 0 Å². The molecule has 80 valence electrons. The highest BCUT2D eigenvalue weighted by atomic mass is 32.1. The van der Waals surface area contributed by atoms with Crippen LogP contribution in [0.15, 0.2) is 11.4 Å². The van der Waals surface area contributed by atoms with Crippen molar-refractivity contribution in [2.75, 3.05) is 20.2 Å². The molecule has 0 bridgehead atoms. The van der Waals surface area contributed by atoms with Crippen molar-refractivity contribution in [1.82, 2.24) is 5.32 Å². The fraction of sp³-hybridized carbons (Fsp3) is 0.636. The summed E-state index contributed by atoms with van der Waals surface area (Å²) in [4.78, 5) is 1.50. The number of hydrogen-bond acceptors (Lipinski definition) is 3. The van der Waals surface area contributed by atoms with Crippen LogP contribution in [-0.4, -0.2) is 20.2 Å². The standard InChI is InChI=1S/C9H13NOS.C2H6/c1-10-6-8-7-3-5-12-9(7)2-4-11-8;1-2/h3,5,8,10H,2,4,6H2,1H3;1-2H3. The second-order valence-electron chi connectivity index (χ2n) is 2.97. The smallest absolute Gasteiger partial charge is 0.0959 e. The minimum Gasteiger partial charge on any atom is -0.372 e. The molecule has 0 amide bonds. The molecule has 1 unspecified atom stereocenters. The first-order valence-corrected chi connectivity index (χ1v) is 6.12. The summed E-state index contributed by atoms with van der Waals surface area (Å²) in [5.41, 5.74) is 1.39. The van der Waals surface area contributed by atoms with E-state index in [0.29, 0.717) is 0 Å². The van der Waals surface area contributed by atoms with E-state index in [1.165, 1.54) is 10.4 Å². The zero-order valence-electron chi connectivity index (χ0n) is 9.17. The fourth-order valence-corrected chi connectivity index (χ4v) is 2.49. The summed E-state index contributed by atoms with van der Waals surface area (Å²) >= 11 is 1.85. The van der Waals surface area contributed by atoms with Crippen LogP contribution >= 0.6 is 11.3 Å². The van der Waals surface area contributed by atoms with Gasteiger partial charge in [-0.15, -0.1) is 11.3 Å². The molecule has 3 heteroatoms. The number of nitrogens with one attached hydrogen (secondary N) is 1. The molecule has 0 saturated carbocycles. The molecule has 0 spiro atoms. The van der Waals surface area contributed by atoms with Gasteiger partial charge < -0.3 is 10.1 Å². The maximum absolute atomic E-state index is 5.65. The highest BCUT2D eigenvalue weighted by molar-refractivity contribution is 7.10. The molecular weight excluding hydrogens is 194 g/mol. The van der Waals surface area contributed by atoms with Crippen molar-refractivity contribution in [3.8, 4) is 0 Å². The lowest BCUT2D eigenvalue weighted by atomic mass is 10.1. The van der Waals surface area contributed by atoms with Crippen LogP contribution in [0.5, 0.6) is 0 Å². The third kappa shape index (κ3) is 2.56. The Bertz CT molecular complexity index is 260. The lowest BCUT2D eigenvalue weighted by Crippen LogP contribution is -2.24. The van der Waals surface area contributed by atoms with Gasteiger partial charge in [0, 0.05) is 17.8 Å². The van der Waals surface area contributed by atoms with Gasteiger partial charge >= 0.3 is 0 Å². The highest BCUT2D eigenvalue weighted by Crippen LogP contribution is 2.30. The minimum atomic E-state index is 0.282. The number of likely N-dealkylation sites (N-methyl/N-ethyl adjacent to an activating group) is 1. The molecule has 14 heavy (non-hydrogen) atoms. The summed E-state index contributed by atoms with van der Waals surface area (Å²) in [6.45, 7) is 5.80. The number of hydrogen-bond donors (Lipinski definition) is 1. The lowest BCUT2D eigenvalue weighted by molar-refractivity contribution is 0.0451. The predicted molar refractivity (Wildman–Crippen MR) is 62.0 cm³/mol. The monoisotopic (exact) mass is 213 g/mol. The molecular formula is C11H19NOS. The van der Waals surface area contributed by atoms with Crippen molar-refractivity contribution in [3.63, 3.8) is 0 Å². The average Bonchev–Trinajstić information content (AvgIpc) is 2.70. The van der Waals surface area contributed by atoms with Gasteiger partial charge in [-0.3, -0.25) is 0 Å². The van der Waals surface area contributed by atoms with Crippen molar-refractivity contribution in [1.29, 1.82) is 0 Å². The van der Waals surface area contributed by atoms with Gasteiger partial charge in [0.15, 0.2) is 0 Å². The Kier molecular flexibility index (Phi) is 5.15. The van der Waals surface area contributed by atoms with E-state index in [9.17, 15) is 0 Å². The maximum Gasteiger partial charge on any atom is 0.0959 e.